The summed E-state index contributed by atoms with van der Waals surface area (Å²) < 4.78 is 0. The van der Waals surface area contributed by atoms with Crippen molar-refractivity contribution in [2.75, 3.05) is 59.5 Å². The summed E-state index contributed by atoms with van der Waals surface area (Å²) in [5.74, 6) is 0.977. The summed E-state index contributed by atoms with van der Waals surface area (Å²) in [6.45, 7) is 6.25. The molecular formula is C16H31N3O2. The number of hydrogen-bond donors (Lipinski definition) is 1. The first kappa shape index (κ1) is 16.7. The summed E-state index contributed by atoms with van der Waals surface area (Å²) in [4.78, 5) is 18.8. The van der Waals surface area contributed by atoms with E-state index in [-0.39, 0.29) is 12.5 Å². The Hall–Kier alpha value is -0.650. The molecule has 1 N–H and O–H groups in total. The predicted molar refractivity (Wildman–Crippen MR) is 84.2 cm³/mol. The van der Waals surface area contributed by atoms with Gasteiger partial charge in [-0.15, -0.1) is 0 Å². The zero-order valence-electron chi connectivity index (χ0n) is 13.5. The van der Waals surface area contributed by atoms with Crippen molar-refractivity contribution in [3.8, 4) is 0 Å². The van der Waals surface area contributed by atoms with E-state index < -0.39 is 0 Å². The molecule has 2 rings (SSSR count). The van der Waals surface area contributed by atoms with Crippen molar-refractivity contribution < 1.29 is 9.90 Å². The predicted octanol–water partition coefficient (Wildman–Crippen LogP) is 0.635. The first-order valence-electron chi connectivity index (χ1n) is 8.48. The Kier molecular flexibility index (Phi) is 6.93. The molecule has 1 saturated carbocycles. The Bertz CT molecular complexity index is 311. The summed E-state index contributed by atoms with van der Waals surface area (Å²) in [5, 5.41) is 8.94. The summed E-state index contributed by atoms with van der Waals surface area (Å²) in [7, 11) is 1.96. The first-order chi connectivity index (χ1) is 10.2. The van der Waals surface area contributed by atoms with Crippen LogP contribution in [0.25, 0.3) is 0 Å². The molecule has 5 heteroatoms. The second-order valence-corrected chi connectivity index (χ2v) is 6.62. The molecule has 1 aliphatic heterocycles. The molecule has 0 aromatic rings. The molecule has 1 aliphatic carbocycles. The number of carbonyl (C=O) groups is 1. The van der Waals surface area contributed by atoms with Crippen LogP contribution in [0.4, 0.5) is 0 Å². The number of carbonyl (C=O) groups excluding carboxylic acids is 1. The van der Waals surface area contributed by atoms with Crippen LogP contribution in [0.1, 0.15) is 32.1 Å². The highest BCUT2D eigenvalue weighted by atomic mass is 16.3. The van der Waals surface area contributed by atoms with Crippen LogP contribution in [-0.2, 0) is 4.79 Å². The van der Waals surface area contributed by atoms with Gasteiger partial charge >= 0.3 is 0 Å². The number of hydrogen-bond acceptors (Lipinski definition) is 4. The molecule has 1 saturated heterocycles. The number of β-amino-alcohol motifs (C(OH)–C–C–N with tert-alkyl or cyclic N) is 1. The van der Waals surface area contributed by atoms with Crippen molar-refractivity contribution in [1.29, 1.82) is 0 Å². The van der Waals surface area contributed by atoms with Crippen LogP contribution in [0.15, 0.2) is 0 Å². The molecule has 2 fully saturated rings. The normalized spacial score (nSPS) is 22.4. The van der Waals surface area contributed by atoms with Crippen molar-refractivity contribution in [3.05, 3.63) is 0 Å². The molecule has 2 aliphatic rings. The topological polar surface area (TPSA) is 47.0 Å². The second kappa shape index (κ2) is 8.71. The maximum Gasteiger partial charge on any atom is 0.236 e. The van der Waals surface area contributed by atoms with Gasteiger partial charge in [0.2, 0.25) is 5.91 Å². The Morgan fingerprint density at radius 3 is 2.33 bits per heavy atom. The lowest BCUT2D eigenvalue weighted by Gasteiger charge is -2.35. The maximum atomic E-state index is 12.3. The summed E-state index contributed by atoms with van der Waals surface area (Å²) >= 11 is 0. The van der Waals surface area contributed by atoms with Crippen LogP contribution in [0.2, 0.25) is 0 Å². The molecule has 0 bridgehead atoms. The van der Waals surface area contributed by atoms with Gasteiger partial charge in [0.1, 0.15) is 0 Å². The number of piperazine rings is 1. The molecule has 5 nitrogen and oxygen atoms in total. The highest BCUT2D eigenvalue weighted by Gasteiger charge is 2.22. The lowest BCUT2D eigenvalue weighted by atomic mass is 9.89. The molecule has 0 unspecified atom stereocenters. The number of likely N-dealkylation sites (N-methyl/N-ethyl adjacent to an activating group) is 1. The maximum absolute atomic E-state index is 12.3. The van der Waals surface area contributed by atoms with E-state index in [9.17, 15) is 4.79 Å². The summed E-state index contributed by atoms with van der Waals surface area (Å²) in [5.41, 5.74) is 0. The fourth-order valence-corrected chi connectivity index (χ4v) is 3.48. The van der Waals surface area contributed by atoms with Gasteiger partial charge in [-0.1, -0.05) is 19.3 Å². The van der Waals surface area contributed by atoms with Crippen LogP contribution in [0.3, 0.4) is 0 Å². The van der Waals surface area contributed by atoms with Crippen LogP contribution in [0.5, 0.6) is 0 Å². The average Bonchev–Trinajstić information content (AvgIpc) is 2.50. The Balaban J connectivity index is 1.66. The third kappa shape index (κ3) is 5.57. The summed E-state index contributed by atoms with van der Waals surface area (Å²) in [6, 6.07) is 0. The van der Waals surface area contributed by atoms with Crippen LogP contribution in [-0.4, -0.2) is 85.2 Å². The van der Waals surface area contributed by atoms with Crippen molar-refractivity contribution in [2.24, 2.45) is 5.92 Å². The molecule has 1 amide bonds. The standard InChI is InChI=1S/C16H31N3O2/c1-17(13-15-5-3-2-4-6-15)16(21)14-19-9-7-18(8-10-19)11-12-20/h15,20H,2-14H2,1H3. The van der Waals surface area contributed by atoms with E-state index in [1.165, 1.54) is 32.1 Å². The molecule has 0 aromatic heterocycles. The third-order valence-corrected chi connectivity index (χ3v) is 4.92. The molecule has 1 heterocycles. The molecule has 0 aromatic carbocycles. The van der Waals surface area contributed by atoms with Gasteiger partial charge in [0.05, 0.1) is 13.2 Å². The Labute approximate surface area is 128 Å². The van der Waals surface area contributed by atoms with Crippen molar-refractivity contribution in [1.82, 2.24) is 14.7 Å². The van der Waals surface area contributed by atoms with Gasteiger partial charge in [-0.3, -0.25) is 14.6 Å². The molecule has 122 valence electrons. The van der Waals surface area contributed by atoms with Crippen LogP contribution < -0.4 is 0 Å². The van der Waals surface area contributed by atoms with E-state index in [0.29, 0.717) is 12.5 Å². The van der Waals surface area contributed by atoms with Gasteiger partial charge in [-0.05, 0) is 18.8 Å². The van der Waals surface area contributed by atoms with Gasteiger partial charge in [0.25, 0.3) is 0 Å². The van der Waals surface area contributed by atoms with Crippen molar-refractivity contribution >= 4 is 5.91 Å². The molecule has 0 radical (unpaired) electrons. The smallest absolute Gasteiger partial charge is 0.236 e. The van der Waals surface area contributed by atoms with E-state index in [4.69, 9.17) is 5.11 Å². The minimum Gasteiger partial charge on any atom is -0.395 e. The van der Waals surface area contributed by atoms with Crippen LogP contribution >= 0.6 is 0 Å². The Morgan fingerprint density at radius 1 is 1.10 bits per heavy atom. The SMILES string of the molecule is CN(CC1CCCCC1)C(=O)CN1CCN(CCO)CC1. The highest BCUT2D eigenvalue weighted by molar-refractivity contribution is 5.78. The van der Waals surface area contributed by atoms with Gasteiger partial charge < -0.3 is 10.0 Å². The fourth-order valence-electron chi connectivity index (χ4n) is 3.48. The number of aliphatic hydroxyl groups is 1. The Morgan fingerprint density at radius 2 is 1.71 bits per heavy atom. The van der Waals surface area contributed by atoms with Crippen LogP contribution in [0, 0.1) is 5.92 Å². The molecular weight excluding hydrogens is 266 g/mol. The largest absolute Gasteiger partial charge is 0.395 e. The number of nitrogens with zero attached hydrogens (tertiary/aromatic N) is 3. The molecule has 0 spiro atoms. The number of amides is 1. The zero-order valence-corrected chi connectivity index (χ0v) is 13.5. The lowest BCUT2D eigenvalue weighted by molar-refractivity contribution is -0.132. The quantitative estimate of drug-likeness (QED) is 0.781. The fraction of sp³-hybridized carbons (Fsp3) is 0.938. The molecule has 21 heavy (non-hydrogen) atoms. The van der Waals surface area contributed by atoms with Crippen molar-refractivity contribution in [3.63, 3.8) is 0 Å². The van der Waals surface area contributed by atoms with Gasteiger partial charge in [-0.25, -0.2) is 0 Å². The number of aliphatic hydroxyl groups excluding tert-OH is 1. The summed E-state index contributed by atoms with van der Waals surface area (Å²) in [6.07, 6.45) is 6.61. The van der Waals surface area contributed by atoms with Gasteiger partial charge in [0.15, 0.2) is 0 Å². The van der Waals surface area contributed by atoms with E-state index in [1.807, 2.05) is 11.9 Å². The van der Waals surface area contributed by atoms with E-state index in [2.05, 4.69) is 9.80 Å². The highest BCUT2D eigenvalue weighted by Crippen LogP contribution is 2.24. The lowest BCUT2D eigenvalue weighted by Crippen LogP contribution is -2.50. The molecule has 0 atom stereocenters. The van der Waals surface area contributed by atoms with Crippen molar-refractivity contribution in [2.45, 2.75) is 32.1 Å². The number of rotatable bonds is 6. The van der Waals surface area contributed by atoms with E-state index in [0.717, 1.165) is 39.3 Å². The average molecular weight is 297 g/mol. The third-order valence-electron chi connectivity index (χ3n) is 4.92. The van der Waals surface area contributed by atoms with E-state index in [1.54, 1.807) is 0 Å². The zero-order chi connectivity index (χ0) is 15.1. The van der Waals surface area contributed by atoms with E-state index >= 15 is 0 Å². The first-order valence-corrected chi connectivity index (χ1v) is 8.48. The minimum absolute atomic E-state index is 0.225. The van der Waals surface area contributed by atoms with Gasteiger partial charge in [-0.2, -0.15) is 0 Å². The minimum atomic E-state index is 0.225. The monoisotopic (exact) mass is 297 g/mol. The van der Waals surface area contributed by atoms with Gasteiger partial charge in [0, 0.05) is 46.3 Å². The second-order valence-electron chi connectivity index (χ2n) is 6.62.